The number of ether oxygens (including phenoxy) is 1. The van der Waals surface area contributed by atoms with Gasteiger partial charge in [-0.3, -0.25) is 4.90 Å². The summed E-state index contributed by atoms with van der Waals surface area (Å²) in [6.07, 6.45) is 6.64. The molecule has 6 heteroatoms. The Morgan fingerprint density at radius 1 is 1.04 bits per heavy atom. The van der Waals surface area contributed by atoms with Crippen molar-refractivity contribution < 1.29 is 4.74 Å². The van der Waals surface area contributed by atoms with Crippen LogP contribution in [0.4, 0.5) is 5.95 Å². The lowest BCUT2D eigenvalue weighted by molar-refractivity contribution is 0.303. The zero-order chi connectivity index (χ0) is 16.4. The van der Waals surface area contributed by atoms with Gasteiger partial charge in [-0.25, -0.2) is 15.0 Å². The predicted octanol–water partition coefficient (Wildman–Crippen LogP) is 1.84. The molecule has 2 atom stereocenters. The molecule has 126 valence electrons. The number of methoxy groups -OCH3 is 1. The van der Waals surface area contributed by atoms with Crippen molar-refractivity contribution in [1.82, 2.24) is 19.9 Å². The first kappa shape index (κ1) is 15.3. The molecule has 2 aliphatic rings. The fraction of sp³-hybridized carbons (Fsp3) is 0.500. The number of pyridine rings is 1. The number of anilines is 1. The van der Waals surface area contributed by atoms with Crippen molar-refractivity contribution in [3.05, 3.63) is 42.4 Å². The van der Waals surface area contributed by atoms with Crippen LogP contribution in [0, 0.1) is 11.8 Å². The Bertz CT molecular complexity index is 680. The largest absolute Gasteiger partial charge is 0.481 e. The van der Waals surface area contributed by atoms with Gasteiger partial charge in [-0.05, 0) is 30.4 Å². The topological polar surface area (TPSA) is 54.4 Å². The molecule has 6 nitrogen and oxygen atoms in total. The van der Waals surface area contributed by atoms with E-state index in [1.807, 2.05) is 24.5 Å². The van der Waals surface area contributed by atoms with E-state index >= 15 is 0 Å². The third-order valence-electron chi connectivity index (χ3n) is 5.15. The Morgan fingerprint density at radius 2 is 1.83 bits per heavy atom. The minimum Gasteiger partial charge on any atom is -0.481 e. The fourth-order valence-electron chi connectivity index (χ4n) is 4.00. The van der Waals surface area contributed by atoms with Gasteiger partial charge in [-0.2, -0.15) is 0 Å². The van der Waals surface area contributed by atoms with Gasteiger partial charge in [0, 0.05) is 56.9 Å². The highest BCUT2D eigenvalue weighted by Crippen LogP contribution is 2.33. The molecule has 0 spiro atoms. The maximum absolute atomic E-state index is 5.39. The number of aromatic nitrogens is 3. The Morgan fingerprint density at radius 3 is 2.67 bits per heavy atom. The van der Waals surface area contributed by atoms with E-state index in [4.69, 9.17) is 4.74 Å². The lowest BCUT2D eigenvalue weighted by atomic mass is 9.89. The van der Waals surface area contributed by atoms with Crippen LogP contribution in [0.3, 0.4) is 0 Å². The van der Waals surface area contributed by atoms with Gasteiger partial charge in [-0.15, -0.1) is 0 Å². The van der Waals surface area contributed by atoms with Crippen LogP contribution < -0.4 is 9.64 Å². The molecule has 4 rings (SSSR count). The number of nitrogens with zero attached hydrogens (tertiary/aromatic N) is 5. The standard InChI is InChI=1S/C18H23N5O/c1-24-17-15(4-2-6-19-17)11-22-10-14-5-9-23(13-16(14)12-22)18-20-7-3-8-21-18/h2-4,6-8,14,16H,5,9-13H2,1H3/t14-,16-/m1/s1. The lowest BCUT2D eigenvalue weighted by Gasteiger charge is -2.34. The number of piperidine rings is 1. The average molecular weight is 325 g/mol. The molecule has 2 aromatic rings. The zero-order valence-electron chi connectivity index (χ0n) is 14.0. The molecule has 0 aliphatic carbocycles. The second-order valence-corrected chi connectivity index (χ2v) is 6.67. The number of fused-ring (bicyclic) bond motifs is 1. The van der Waals surface area contributed by atoms with Crippen LogP contribution in [0.5, 0.6) is 5.88 Å². The summed E-state index contributed by atoms with van der Waals surface area (Å²) in [5, 5.41) is 0. The van der Waals surface area contributed by atoms with Crippen molar-refractivity contribution in [2.24, 2.45) is 11.8 Å². The third kappa shape index (κ3) is 3.06. The Labute approximate surface area is 142 Å². The fourth-order valence-corrected chi connectivity index (χ4v) is 4.00. The van der Waals surface area contributed by atoms with Gasteiger partial charge >= 0.3 is 0 Å². The van der Waals surface area contributed by atoms with E-state index < -0.39 is 0 Å². The van der Waals surface area contributed by atoms with Gasteiger partial charge < -0.3 is 9.64 Å². The molecule has 0 saturated carbocycles. The van der Waals surface area contributed by atoms with E-state index in [0.717, 1.165) is 50.5 Å². The summed E-state index contributed by atoms with van der Waals surface area (Å²) in [6.45, 7) is 5.29. The van der Waals surface area contributed by atoms with E-state index in [9.17, 15) is 0 Å². The van der Waals surface area contributed by atoms with E-state index in [1.54, 1.807) is 13.3 Å². The summed E-state index contributed by atoms with van der Waals surface area (Å²) in [5.41, 5.74) is 1.17. The van der Waals surface area contributed by atoms with Gasteiger partial charge in [-0.1, -0.05) is 6.07 Å². The lowest BCUT2D eigenvalue weighted by Crippen LogP contribution is -2.40. The van der Waals surface area contributed by atoms with Crippen LogP contribution in [0.25, 0.3) is 0 Å². The maximum atomic E-state index is 5.39. The molecule has 2 aromatic heterocycles. The Hall–Kier alpha value is -2.21. The van der Waals surface area contributed by atoms with Crippen LogP contribution in [-0.2, 0) is 6.54 Å². The molecule has 0 unspecified atom stereocenters. The van der Waals surface area contributed by atoms with Crippen molar-refractivity contribution in [1.29, 1.82) is 0 Å². The number of likely N-dealkylation sites (tertiary alicyclic amines) is 1. The second-order valence-electron chi connectivity index (χ2n) is 6.67. The first-order valence-corrected chi connectivity index (χ1v) is 8.55. The molecule has 2 saturated heterocycles. The number of hydrogen-bond acceptors (Lipinski definition) is 6. The SMILES string of the molecule is COc1ncccc1CN1C[C@H]2CCN(c3ncccn3)C[C@H]2C1. The molecule has 2 fully saturated rings. The molecule has 2 aliphatic heterocycles. The summed E-state index contributed by atoms with van der Waals surface area (Å²) in [7, 11) is 1.69. The Kier molecular flexibility index (Phi) is 4.30. The molecule has 24 heavy (non-hydrogen) atoms. The summed E-state index contributed by atoms with van der Waals surface area (Å²) >= 11 is 0. The minimum absolute atomic E-state index is 0.685. The molecule has 0 N–H and O–H groups in total. The maximum Gasteiger partial charge on any atom is 0.225 e. The van der Waals surface area contributed by atoms with Crippen molar-refractivity contribution in [3.63, 3.8) is 0 Å². The van der Waals surface area contributed by atoms with Gasteiger partial charge in [0.15, 0.2) is 0 Å². The van der Waals surface area contributed by atoms with Crippen molar-refractivity contribution >= 4 is 5.95 Å². The monoisotopic (exact) mass is 325 g/mol. The number of rotatable bonds is 4. The van der Waals surface area contributed by atoms with Crippen LogP contribution in [-0.4, -0.2) is 53.1 Å². The van der Waals surface area contributed by atoms with E-state index in [-0.39, 0.29) is 0 Å². The quantitative estimate of drug-likeness (QED) is 0.855. The average Bonchev–Trinajstić information content (AvgIpc) is 3.04. The summed E-state index contributed by atoms with van der Waals surface area (Å²) in [5.74, 6) is 3.06. The zero-order valence-corrected chi connectivity index (χ0v) is 14.0. The summed E-state index contributed by atoms with van der Waals surface area (Å²) in [4.78, 5) is 18.0. The normalized spacial score (nSPS) is 24.0. The predicted molar refractivity (Wildman–Crippen MR) is 91.9 cm³/mol. The first-order chi connectivity index (χ1) is 11.8. The van der Waals surface area contributed by atoms with Crippen LogP contribution in [0.15, 0.2) is 36.8 Å². The van der Waals surface area contributed by atoms with E-state index in [0.29, 0.717) is 5.92 Å². The van der Waals surface area contributed by atoms with Crippen molar-refractivity contribution in [2.75, 3.05) is 38.2 Å². The second kappa shape index (κ2) is 6.73. The highest BCUT2D eigenvalue weighted by atomic mass is 16.5. The van der Waals surface area contributed by atoms with E-state index in [2.05, 4.69) is 30.8 Å². The van der Waals surface area contributed by atoms with E-state index in [1.165, 1.54) is 12.0 Å². The minimum atomic E-state index is 0.685. The summed E-state index contributed by atoms with van der Waals surface area (Å²) < 4.78 is 5.39. The van der Waals surface area contributed by atoms with Crippen LogP contribution in [0.2, 0.25) is 0 Å². The smallest absolute Gasteiger partial charge is 0.225 e. The molecule has 0 radical (unpaired) electrons. The first-order valence-electron chi connectivity index (χ1n) is 8.55. The highest BCUT2D eigenvalue weighted by molar-refractivity contribution is 5.30. The third-order valence-corrected chi connectivity index (χ3v) is 5.15. The Balaban J connectivity index is 1.41. The van der Waals surface area contributed by atoms with Crippen molar-refractivity contribution in [3.8, 4) is 5.88 Å². The van der Waals surface area contributed by atoms with Gasteiger partial charge in [0.05, 0.1) is 7.11 Å². The highest BCUT2D eigenvalue weighted by Gasteiger charge is 2.37. The van der Waals surface area contributed by atoms with Gasteiger partial charge in [0.2, 0.25) is 11.8 Å². The molecular weight excluding hydrogens is 302 g/mol. The van der Waals surface area contributed by atoms with Crippen molar-refractivity contribution in [2.45, 2.75) is 13.0 Å². The molecule has 0 aromatic carbocycles. The molecule has 0 amide bonds. The molecule has 0 bridgehead atoms. The van der Waals surface area contributed by atoms with Gasteiger partial charge in [0.1, 0.15) is 0 Å². The van der Waals surface area contributed by atoms with Gasteiger partial charge in [0.25, 0.3) is 0 Å². The molecule has 4 heterocycles. The number of hydrogen-bond donors (Lipinski definition) is 0. The summed E-state index contributed by atoms with van der Waals surface area (Å²) in [6, 6.07) is 5.96. The molecular formula is C18H23N5O. The van der Waals surface area contributed by atoms with Crippen LogP contribution >= 0.6 is 0 Å². The van der Waals surface area contributed by atoms with Crippen LogP contribution in [0.1, 0.15) is 12.0 Å².